The average Bonchev–Trinajstić information content (AvgIpc) is 2.48. The highest BCUT2D eigenvalue weighted by Crippen LogP contribution is 2.11. The summed E-state index contributed by atoms with van der Waals surface area (Å²) in [5.41, 5.74) is 0.795. The van der Waals surface area contributed by atoms with E-state index >= 15 is 0 Å². The molecule has 2 rings (SSSR count). The molecule has 0 atom stereocenters. The number of nitrogens with one attached hydrogen (secondary N) is 2. The molecule has 0 spiro atoms. The zero-order valence-electron chi connectivity index (χ0n) is 11.8. The van der Waals surface area contributed by atoms with E-state index in [9.17, 15) is 9.18 Å². The van der Waals surface area contributed by atoms with E-state index in [1.807, 2.05) is 31.1 Å². The molecule has 0 bridgehead atoms. The number of hydrogen-bond donors (Lipinski definition) is 2. The predicted molar refractivity (Wildman–Crippen MR) is 78.6 cm³/mol. The van der Waals surface area contributed by atoms with Gasteiger partial charge in [-0.25, -0.2) is 14.2 Å². The smallest absolute Gasteiger partial charge is 0.319 e. The molecule has 2 N–H and O–H groups in total. The van der Waals surface area contributed by atoms with Crippen molar-refractivity contribution in [3.63, 3.8) is 0 Å². The summed E-state index contributed by atoms with van der Waals surface area (Å²) in [5, 5.41) is 5.04. The van der Waals surface area contributed by atoms with Crippen LogP contribution in [-0.4, -0.2) is 30.1 Å². The van der Waals surface area contributed by atoms with Gasteiger partial charge in [-0.05, 0) is 18.2 Å². The Morgan fingerprint density at radius 3 is 2.86 bits per heavy atom. The van der Waals surface area contributed by atoms with E-state index in [1.165, 1.54) is 12.3 Å². The number of pyridine rings is 2. The summed E-state index contributed by atoms with van der Waals surface area (Å²) in [5.74, 6) is 0.218. The largest absolute Gasteiger partial charge is 0.363 e. The molecule has 0 aliphatic rings. The predicted octanol–water partition coefficient (Wildman–Crippen LogP) is 2.00. The molecule has 2 amide bonds. The normalized spacial score (nSPS) is 10.0. The van der Waals surface area contributed by atoms with Crippen molar-refractivity contribution in [3.8, 4) is 0 Å². The highest BCUT2D eigenvalue weighted by atomic mass is 19.1. The standard InChI is InChI=1S/C14H16FN5O/c1-20(2)13-5-3-4-10(18-13)8-17-14(21)19-12-6-7-16-9-11(12)15/h3-7,9H,8H2,1-2H3,(H2,16,17,19,21). The molecule has 0 saturated heterocycles. The summed E-state index contributed by atoms with van der Waals surface area (Å²) >= 11 is 0. The number of halogens is 1. The fourth-order valence-corrected chi connectivity index (χ4v) is 1.63. The molecule has 21 heavy (non-hydrogen) atoms. The van der Waals surface area contributed by atoms with Gasteiger partial charge in [-0.3, -0.25) is 4.98 Å². The molecular weight excluding hydrogens is 273 g/mol. The third-order valence-corrected chi connectivity index (χ3v) is 2.70. The summed E-state index contributed by atoms with van der Waals surface area (Å²) in [6.45, 7) is 0.250. The molecular formula is C14H16FN5O. The van der Waals surface area contributed by atoms with Crippen LogP contribution in [0.25, 0.3) is 0 Å². The number of anilines is 2. The van der Waals surface area contributed by atoms with E-state index in [0.29, 0.717) is 5.69 Å². The fraction of sp³-hybridized carbons (Fsp3) is 0.214. The lowest BCUT2D eigenvalue weighted by Gasteiger charge is -2.12. The molecule has 0 radical (unpaired) electrons. The maximum absolute atomic E-state index is 13.3. The summed E-state index contributed by atoms with van der Waals surface area (Å²) in [6.07, 6.45) is 2.44. The molecule has 2 aromatic heterocycles. The van der Waals surface area contributed by atoms with Crippen molar-refractivity contribution >= 4 is 17.5 Å². The van der Waals surface area contributed by atoms with Crippen molar-refractivity contribution in [2.24, 2.45) is 0 Å². The van der Waals surface area contributed by atoms with Crippen molar-refractivity contribution in [1.82, 2.24) is 15.3 Å². The Balaban J connectivity index is 1.92. The van der Waals surface area contributed by atoms with Gasteiger partial charge in [-0.1, -0.05) is 6.07 Å². The average molecular weight is 289 g/mol. The van der Waals surface area contributed by atoms with Crippen molar-refractivity contribution in [2.75, 3.05) is 24.3 Å². The first-order chi connectivity index (χ1) is 10.1. The van der Waals surface area contributed by atoms with Gasteiger partial charge in [0.25, 0.3) is 0 Å². The van der Waals surface area contributed by atoms with E-state index in [1.54, 1.807) is 6.07 Å². The number of amides is 2. The van der Waals surface area contributed by atoms with Crippen LogP contribution in [0.4, 0.5) is 20.7 Å². The fourth-order valence-electron chi connectivity index (χ4n) is 1.63. The number of rotatable bonds is 4. The summed E-state index contributed by atoms with van der Waals surface area (Å²) < 4.78 is 13.3. The van der Waals surface area contributed by atoms with Crippen molar-refractivity contribution in [2.45, 2.75) is 6.54 Å². The van der Waals surface area contributed by atoms with Gasteiger partial charge in [0, 0.05) is 20.3 Å². The van der Waals surface area contributed by atoms with Crippen LogP contribution in [0.15, 0.2) is 36.7 Å². The van der Waals surface area contributed by atoms with Crippen LogP contribution in [0.2, 0.25) is 0 Å². The Kier molecular flexibility index (Phi) is 4.65. The van der Waals surface area contributed by atoms with Crippen LogP contribution >= 0.6 is 0 Å². The highest BCUT2D eigenvalue weighted by molar-refractivity contribution is 5.89. The number of nitrogens with zero attached hydrogens (tertiary/aromatic N) is 3. The highest BCUT2D eigenvalue weighted by Gasteiger charge is 2.07. The second-order valence-electron chi connectivity index (χ2n) is 4.54. The number of carbonyl (C=O) groups excluding carboxylic acids is 1. The molecule has 2 heterocycles. The maximum atomic E-state index is 13.3. The third-order valence-electron chi connectivity index (χ3n) is 2.70. The van der Waals surface area contributed by atoms with Crippen LogP contribution < -0.4 is 15.5 Å². The van der Waals surface area contributed by atoms with E-state index in [-0.39, 0.29) is 12.2 Å². The zero-order valence-corrected chi connectivity index (χ0v) is 11.8. The first-order valence-corrected chi connectivity index (χ1v) is 6.34. The van der Waals surface area contributed by atoms with Gasteiger partial charge in [-0.2, -0.15) is 0 Å². The lowest BCUT2D eigenvalue weighted by atomic mass is 10.3. The van der Waals surface area contributed by atoms with Gasteiger partial charge < -0.3 is 15.5 Å². The molecule has 0 fully saturated rings. The Morgan fingerprint density at radius 2 is 2.14 bits per heavy atom. The Labute approximate surface area is 122 Å². The first kappa shape index (κ1) is 14.7. The number of carbonyl (C=O) groups is 1. The van der Waals surface area contributed by atoms with Crippen molar-refractivity contribution in [1.29, 1.82) is 0 Å². The Bertz CT molecular complexity index is 632. The lowest BCUT2D eigenvalue weighted by molar-refractivity contribution is 0.251. The molecule has 6 nitrogen and oxygen atoms in total. The van der Waals surface area contributed by atoms with E-state index in [2.05, 4.69) is 20.6 Å². The SMILES string of the molecule is CN(C)c1cccc(CNC(=O)Nc2ccncc2F)n1. The van der Waals surface area contributed by atoms with Crippen molar-refractivity contribution in [3.05, 3.63) is 48.2 Å². The topological polar surface area (TPSA) is 70.2 Å². The van der Waals surface area contributed by atoms with Crippen LogP contribution in [0, 0.1) is 5.82 Å². The molecule has 0 aliphatic heterocycles. The maximum Gasteiger partial charge on any atom is 0.319 e. The monoisotopic (exact) mass is 289 g/mol. The second-order valence-corrected chi connectivity index (χ2v) is 4.54. The zero-order chi connectivity index (χ0) is 15.2. The van der Waals surface area contributed by atoms with Crippen LogP contribution in [0.5, 0.6) is 0 Å². The minimum Gasteiger partial charge on any atom is -0.363 e. The molecule has 110 valence electrons. The number of urea groups is 1. The quantitative estimate of drug-likeness (QED) is 0.903. The van der Waals surface area contributed by atoms with Crippen LogP contribution in [0.1, 0.15) is 5.69 Å². The molecule has 0 saturated carbocycles. The van der Waals surface area contributed by atoms with Gasteiger partial charge in [-0.15, -0.1) is 0 Å². The van der Waals surface area contributed by atoms with Gasteiger partial charge in [0.05, 0.1) is 24.1 Å². The Hall–Kier alpha value is -2.70. The summed E-state index contributed by atoms with van der Waals surface area (Å²) in [6, 6.07) is 6.42. The number of hydrogen-bond acceptors (Lipinski definition) is 4. The first-order valence-electron chi connectivity index (χ1n) is 6.34. The van der Waals surface area contributed by atoms with Gasteiger partial charge in [0.1, 0.15) is 5.82 Å². The van der Waals surface area contributed by atoms with Gasteiger partial charge >= 0.3 is 6.03 Å². The lowest BCUT2D eigenvalue weighted by Crippen LogP contribution is -2.29. The van der Waals surface area contributed by atoms with Crippen LogP contribution in [-0.2, 0) is 6.54 Å². The second kappa shape index (κ2) is 6.65. The van der Waals surface area contributed by atoms with E-state index in [0.717, 1.165) is 12.0 Å². The minimum absolute atomic E-state index is 0.0810. The Morgan fingerprint density at radius 1 is 1.33 bits per heavy atom. The third kappa shape index (κ3) is 4.13. The summed E-state index contributed by atoms with van der Waals surface area (Å²) in [7, 11) is 3.77. The molecule has 0 aliphatic carbocycles. The van der Waals surface area contributed by atoms with E-state index < -0.39 is 11.8 Å². The minimum atomic E-state index is -0.583. The van der Waals surface area contributed by atoms with Gasteiger partial charge in [0.15, 0.2) is 5.82 Å². The molecule has 0 aromatic carbocycles. The molecule has 7 heteroatoms. The molecule has 2 aromatic rings. The van der Waals surface area contributed by atoms with Crippen molar-refractivity contribution < 1.29 is 9.18 Å². The number of aromatic nitrogens is 2. The van der Waals surface area contributed by atoms with Crippen LogP contribution in [0.3, 0.4) is 0 Å². The van der Waals surface area contributed by atoms with E-state index in [4.69, 9.17) is 0 Å². The summed E-state index contributed by atoms with van der Waals surface area (Å²) in [4.78, 5) is 21.6. The van der Waals surface area contributed by atoms with Gasteiger partial charge in [0.2, 0.25) is 0 Å². The molecule has 0 unspecified atom stereocenters.